The van der Waals surface area contributed by atoms with Gasteiger partial charge < -0.3 is 10.2 Å². The second-order valence-corrected chi connectivity index (χ2v) is 9.53. The van der Waals surface area contributed by atoms with E-state index in [4.69, 9.17) is 0 Å². The molecule has 2 aromatic rings. The van der Waals surface area contributed by atoms with Gasteiger partial charge in [-0.15, -0.1) is 0 Å². The van der Waals surface area contributed by atoms with Crippen LogP contribution in [0.25, 0.3) is 0 Å². The van der Waals surface area contributed by atoms with Crippen molar-refractivity contribution in [2.24, 2.45) is 5.10 Å². The number of hydrogen-bond acceptors (Lipinski definition) is 7. The van der Waals surface area contributed by atoms with Gasteiger partial charge in [-0.3, -0.25) is 9.69 Å². The highest BCUT2D eigenvalue weighted by molar-refractivity contribution is 9.10. The van der Waals surface area contributed by atoms with Crippen LogP contribution in [-0.4, -0.2) is 72.7 Å². The number of phenolic OH excluding ortho intramolecular Hbond substituents is 2. The zero-order chi connectivity index (χ0) is 21.7. The SMILES string of the molecule is O=C(CN1CCN(S(=O)(=O)c2ccc(Br)cc2)CC1)N/N=C/c1ccc(O)c(O)c1. The number of piperazine rings is 1. The van der Waals surface area contributed by atoms with Gasteiger partial charge in [-0.05, 0) is 48.0 Å². The van der Waals surface area contributed by atoms with E-state index in [9.17, 15) is 23.4 Å². The monoisotopic (exact) mass is 496 g/mol. The van der Waals surface area contributed by atoms with Crippen molar-refractivity contribution in [1.82, 2.24) is 14.6 Å². The molecule has 3 rings (SSSR count). The van der Waals surface area contributed by atoms with Gasteiger partial charge in [0.05, 0.1) is 17.7 Å². The van der Waals surface area contributed by atoms with Crippen molar-refractivity contribution in [3.63, 3.8) is 0 Å². The van der Waals surface area contributed by atoms with E-state index in [0.717, 1.165) is 4.47 Å². The topological polar surface area (TPSA) is 123 Å². The number of hydrazone groups is 1. The van der Waals surface area contributed by atoms with Gasteiger partial charge >= 0.3 is 0 Å². The van der Waals surface area contributed by atoms with Crippen LogP contribution in [-0.2, 0) is 14.8 Å². The molecule has 1 fully saturated rings. The minimum absolute atomic E-state index is 0.0876. The number of sulfonamides is 1. The Labute approximate surface area is 182 Å². The molecule has 30 heavy (non-hydrogen) atoms. The summed E-state index contributed by atoms with van der Waals surface area (Å²) in [6.45, 7) is 1.53. The van der Waals surface area contributed by atoms with E-state index in [-0.39, 0.29) is 28.8 Å². The summed E-state index contributed by atoms with van der Waals surface area (Å²) in [5.41, 5.74) is 2.90. The van der Waals surface area contributed by atoms with Crippen molar-refractivity contribution in [2.45, 2.75) is 4.90 Å². The molecule has 0 radical (unpaired) electrons. The molecule has 2 aromatic carbocycles. The van der Waals surface area contributed by atoms with Crippen LogP contribution in [0.3, 0.4) is 0 Å². The van der Waals surface area contributed by atoms with Crippen LogP contribution >= 0.6 is 15.9 Å². The lowest BCUT2D eigenvalue weighted by Gasteiger charge is -2.33. The highest BCUT2D eigenvalue weighted by Gasteiger charge is 2.28. The number of carbonyl (C=O) groups excluding carboxylic acids is 1. The zero-order valence-corrected chi connectivity index (χ0v) is 18.3. The third-order valence-electron chi connectivity index (χ3n) is 4.55. The van der Waals surface area contributed by atoms with E-state index in [0.29, 0.717) is 31.7 Å². The summed E-state index contributed by atoms with van der Waals surface area (Å²) in [5.74, 6) is -0.850. The van der Waals surface area contributed by atoms with E-state index < -0.39 is 10.0 Å². The lowest BCUT2D eigenvalue weighted by Crippen LogP contribution is -2.50. The first-order chi connectivity index (χ1) is 14.3. The fourth-order valence-electron chi connectivity index (χ4n) is 2.92. The third-order valence-corrected chi connectivity index (χ3v) is 6.99. The van der Waals surface area contributed by atoms with Crippen molar-refractivity contribution in [3.05, 3.63) is 52.5 Å². The maximum absolute atomic E-state index is 12.7. The predicted octanol–water partition coefficient (Wildman–Crippen LogP) is 1.32. The Morgan fingerprint density at radius 1 is 1.07 bits per heavy atom. The normalized spacial score (nSPS) is 16.0. The molecule has 9 nitrogen and oxygen atoms in total. The standard InChI is InChI=1S/C19H21BrN4O5S/c20-15-2-4-16(5-3-15)30(28,29)24-9-7-23(8-10-24)13-19(27)22-21-12-14-1-6-17(25)18(26)11-14/h1-6,11-12,25-26H,7-10,13H2,(H,22,27)/b21-12+. The molecule has 160 valence electrons. The summed E-state index contributed by atoms with van der Waals surface area (Å²) in [5, 5.41) is 22.5. The molecule has 0 unspecified atom stereocenters. The molecule has 1 saturated heterocycles. The van der Waals surface area contributed by atoms with Gasteiger partial charge in [-0.2, -0.15) is 9.41 Å². The number of benzene rings is 2. The smallest absolute Gasteiger partial charge is 0.254 e. The fraction of sp³-hybridized carbons (Fsp3) is 0.263. The van der Waals surface area contributed by atoms with Crippen molar-refractivity contribution in [1.29, 1.82) is 0 Å². The first kappa shape index (κ1) is 22.2. The van der Waals surface area contributed by atoms with Gasteiger partial charge in [0.15, 0.2) is 11.5 Å². The maximum Gasteiger partial charge on any atom is 0.254 e. The van der Waals surface area contributed by atoms with E-state index in [1.54, 1.807) is 24.3 Å². The second-order valence-electron chi connectivity index (χ2n) is 6.68. The molecule has 3 N–H and O–H groups in total. The number of nitrogens with zero attached hydrogens (tertiary/aromatic N) is 3. The van der Waals surface area contributed by atoms with Crippen molar-refractivity contribution in [2.75, 3.05) is 32.7 Å². The summed E-state index contributed by atoms with van der Waals surface area (Å²) in [6, 6.07) is 10.7. The largest absolute Gasteiger partial charge is 0.504 e. The minimum atomic E-state index is -3.56. The molecule has 1 aliphatic heterocycles. The van der Waals surface area contributed by atoms with Gasteiger partial charge in [-0.25, -0.2) is 13.8 Å². The number of nitrogens with one attached hydrogen (secondary N) is 1. The van der Waals surface area contributed by atoms with Gasteiger partial charge in [0.2, 0.25) is 10.0 Å². The number of amides is 1. The lowest BCUT2D eigenvalue weighted by atomic mass is 10.2. The average molecular weight is 497 g/mol. The Morgan fingerprint density at radius 3 is 2.37 bits per heavy atom. The van der Waals surface area contributed by atoms with Crippen molar-refractivity contribution < 1.29 is 23.4 Å². The van der Waals surface area contributed by atoms with Gasteiger partial charge in [-0.1, -0.05) is 15.9 Å². The number of hydrogen-bond donors (Lipinski definition) is 3. The number of rotatable bonds is 6. The van der Waals surface area contributed by atoms with Crippen LogP contribution in [0.4, 0.5) is 0 Å². The molecule has 0 bridgehead atoms. The molecular formula is C19H21BrN4O5S. The molecule has 11 heteroatoms. The Balaban J connectivity index is 1.48. The number of aromatic hydroxyl groups is 2. The van der Waals surface area contributed by atoms with Crippen LogP contribution in [0.1, 0.15) is 5.56 Å². The van der Waals surface area contributed by atoms with Gasteiger partial charge in [0, 0.05) is 30.7 Å². The Kier molecular flexibility index (Phi) is 7.08. The molecule has 0 spiro atoms. The summed E-state index contributed by atoms with van der Waals surface area (Å²) in [4.78, 5) is 14.2. The summed E-state index contributed by atoms with van der Waals surface area (Å²) < 4.78 is 27.6. The Hall–Kier alpha value is -2.47. The zero-order valence-electron chi connectivity index (χ0n) is 15.9. The first-order valence-electron chi connectivity index (χ1n) is 9.07. The van der Waals surface area contributed by atoms with Crippen molar-refractivity contribution in [3.8, 4) is 11.5 Å². The molecule has 0 atom stereocenters. The van der Waals surface area contributed by atoms with Gasteiger partial charge in [0.1, 0.15) is 0 Å². The minimum Gasteiger partial charge on any atom is -0.504 e. The lowest BCUT2D eigenvalue weighted by molar-refractivity contribution is -0.122. The number of halogens is 1. The summed E-state index contributed by atoms with van der Waals surface area (Å²) in [7, 11) is -3.56. The average Bonchev–Trinajstić information content (AvgIpc) is 2.71. The number of carbonyl (C=O) groups is 1. The maximum atomic E-state index is 12.7. The van der Waals surface area contributed by atoms with E-state index in [2.05, 4.69) is 26.5 Å². The van der Waals surface area contributed by atoms with Crippen molar-refractivity contribution >= 4 is 38.1 Å². The second kappa shape index (κ2) is 9.56. The molecule has 0 aromatic heterocycles. The van der Waals surface area contributed by atoms with E-state index in [1.807, 2.05) is 4.90 Å². The van der Waals surface area contributed by atoms with Crippen LogP contribution in [0, 0.1) is 0 Å². The van der Waals surface area contributed by atoms with Crippen LogP contribution in [0.2, 0.25) is 0 Å². The van der Waals surface area contributed by atoms with E-state index >= 15 is 0 Å². The number of phenols is 2. The molecular weight excluding hydrogens is 476 g/mol. The fourth-order valence-corrected chi connectivity index (χ4v) is 4.61. The third kappa shape index (κ3) is 5.57. The summed E-state index contributed by atoms with van der Waals surface area (Å²) in [6.07, 6.45) is 1.35. The first-order valence-corrected chi connectivity index (χ1v) is 11.3. The summed E-state index contributed by atoms with van der Waals surface area (Å²) >= 11 is 3.29. The van der Waals surface area contributed by atoms with E-state index in [1.165, 1.54) is 28.7 Å². The molecule has 0 saturated carbocycles. The molecule has 1 aliphatic rings. The predicted molar refractivity (Wildman–Crippen MR) is 115 cm³/mol. The van der Waals surface area contributed by atoms with Crippen LogP contribution in [0.15, 0.2) is 56.9 Å². The quantitative estimate of drug-likeness (QED) is 0.314. The van der Waals surface area contributed by atoms with Crippen LogP contribution in [0.5, 0.6) is 11.5 Å². The Bertz CT molecular complexity index is 1040. The van der Waals surface area contributed by atoms with Gasteiger partial charge in [0.25, 0.3) is 5.91 Å². The Morgan fingerprint density at radius 2 is 1.73 bits per heavy atom. The highest BCUT2D eigenvalue weighted by atomic mass is 79.9. The molecule has 0 aliphatic carbocycles. The van der Waals surface area contributed by atoms with Crippen LogP contribution < -0.4 is 5.43 Å². The molecule has 1 heterocycles. The molecule has 1 amide bonds. The highest BCUT2D eigenvalue weighted by Crippen LogP contribution is 2.24.